The second kappa shape index (κ2) is 5.50. The van der Waals surface area contributed by atoms with Crippen LogP contribution in [0.15, 0.2) is 18.2 Å². The van der Waals surface area contributed by atoms with Gasteiger partial charge in [-0.1, -0.05) is 17.7 Å². The lowest BCUT2D eigenvalue weighted by Crippen LogP contribution is -2.35. The number of nitriles is 1. The molecule has 0 bridgehead atoms. The van der Waals surface area contributed by atoms with Crippen LogP contribution in [0.3, 0.4) is 0 Å². The Bertz CT molecular complexity index is 434. The highest BCUT2D eigenvalue weighted by atomic mass is 35.5. The minimum atomic E-state index is -0.150. The summed E-state index contributed by atoms with van der Waals surface area (Å²) in [6, 6.07) is 7.48. The van der Waals surface area contributed by atoms with Gasteiger partial charge in [-0.25, -0.2) is 0 Å². The smallest absolute Gasteiger partial charge is 0.0992 e. The maximum absolute atomic E-state index is 9.43. The highest BCUT2D eigenvalue weighted by Gasteiger charge is 2.17. The van der Waals surface area contributed by atoms with Gasteiger partial charge in [0.25, 0.3) is 0 Å². The summed E-state index contributed by atoms with van der Waals surface area (Å²) in [5.41, 5.74) is 1.63. The maximum Gasteiger partial charge on any atom is 0.0992 e. The average molecular weight is 251 g/mol. The van der Waals surface area contributed by atoms with Crippen LogP contribution >= 0.6 is 11.6 Å². The van der Waals surface area contributed by atoms with Crippen LogP contribution in [0.25, 0.3) is 0 Å². The standard InChI is InChI=1S/C13H15ClN2O/c14-13-7-10(8-15)1-2-11(13)9-16-5-3-12(17)4-6-16/h1-2,7,12,17H,3-6,9H2. The highest BCUT2D eigenvalue weighted by molar-refractivity contribution is 6.31. The average Bonchev–Trinajstić information content (AvgIpc) is 2.34. The first-order valence-electron chi connectivity index (χ1n) is 5.78. The van der Waals surface area contributed by atoms with Gasteiger partial charge in [0.15, 0.2) is 0 Å². The third-order valence-corrected chi connectivity index (χ3v) is 3.49. The van der Waals surface area contributed by atoms with Gasteiger partial charge in [-0.3, -0.25) is 4.90 Å². The third-order valence-electron chi connectivity index (χ3n) is 3.13. The molecule has 0 unspecified atom stereocenters. The minimum absolute atomic E-state index is 0.150. The summed E-state index contributed by atoms with van der Waals surface area (Å²) in [6.45, 7) is 2.59. The van der Waals surface area contributed by atoms with E-state index in [1.54, 1.807) is 12.1 Å². The molecule has 1 heterocycles. The van der Waals surface area contributed by atoms with Gasteiger partial charge in [-0.2, -0.15) is 5.26 Å². The van der Waals surface area contributed by atoms with E-state index in [4.69, 9.17) is 16.9 Å². The number of rotatable bonds is 2. The second-order valence-electron chi connectivity index (χ2n) is 4.43. The third kappa shape index (κ3) is 3.19. The summed E-state index contributed by atoms with van der Waals surface area (Å²) in [6.07, 6.45) is 1.50. The summed E-state index contributed by atoms with van der Waals surface area (Å²) in [5.74, 6) is 0. The van der Waals surface area contributed by atoms with Gasteiger partial charge in [0.05, 0.1) is 17.7 Å². The summed E-state index contributed by atoms with van der Waals surface area (Å²) in [5, 5.41) is 18.8. The van der Waals surface area contributed by atoms with Crippen molar-refractivity contribution >= 4 is 11.6 Å². The van der Waals surface area contributed by atoms with Gasteiger partial charge in [-0.05, 0) is 30.5 Å². The van der Waals surface area contributed by atoms with E-state index >= 15 is 0 Å². The number of aliphatic hydroxyl groups is 1. The quantitative estimate of drug-likeness (QED) is 0.875. The van der Waals surface area contributed by atoms with Crippen molar-refractivity contribution in [2.24, 2.45) is 0 Å². The molecule has 1 aliphatic heterocycles. The number of hydrogen-bond donors (Lipinski definition) is 1. The first-order valence-corrected chi connectivity index (χ1v) is 6.16. The van der Waals surface area contributed by atoms with E-state index in [9.17, 15) is 5.11 Å². The van der Waals surface area contributed by atoms with E-state index in [2.05, 4.69) is 11.0 Å². The van der Waals surface area contributed by atoms with Crippen LogP contribution in [0.4, 0.5) is 0 Å². The van der Waals surface area contributed by atoms with Crippen molar-refractivity contribution in [3.63, 3.8) is 0 Å². The normalized spacial score (nSPS) is 17.9. The molecule has 1 aromatic rings. The van der Waals surface area contributed by atoms with Gasteiger partial charge in [0.2, 0.25) is 0 Å². The van der Waals surface area contributed by atoms with Crippen molar-refractivity contribution in [1.29, 1.82) is 5.26 Å². The zero-order valence-corrected chi connectivity index (χ0v) is 10.3. The van der Waals surface area contributed by atoms with Gasteiger partial charge in [-0.15, -0.1) is 0 Å². The molecule has 1 aromatic carbocycles. The molecule has 90 valence electrons. The van der Waals surface area contributed by atoms with E-state index in [0.717, 1.165) is 38.0 Å². The summed E-state index contributed by atoms with van der Waals surface area (Å²) >= 11 is 6.13. The Kier molecular flexibility index (Phi) is 4.01. The van der Waals surface area contributed by atoms with Gasteiger partial charge < -0.3 is 5.11 Å². The molecule has 0 amide bonds. The fourth-order valence-electron chi connectivity index (χ4n) is 2.06. The SMILES string of the molecule is N#Cc1ccc(CN2CCC(O)CC2)c(Cl)c1. The van der Waals surface area contributed by atoms with Crippen molar-refractivity contribution < 1.29 is 5.11 Å². The number of likely N-dealkylation sites (tertiary alicyclic amines) is 1. The van der Waals surface area contributed by atoms with Crippen LogP contribution in [0.2, 0.25) is 5.02 Å². The molecule has 2 rings (SSSR count). The Morgan fingerprint density at radius 2 is 2.12 bits per heavy atom. The molecule has 17 heavy (non-hydrogen) atoms. The van der Waals surface area contributed by atoms with E-state index < -0.39 is 0 Å². The molecule has 0 atom stereocenters. The van der Waals surface area contributed by atoms with Crippen LogP contribution in [-0.4, -0.2) is 29.2 Å². The molecular formula is C13H15ClN2O. The van der Waals surface area contributed by atoms with E-state index in [1.807, 2.05) is 6.07 Å². The van der Waals surface area contributed by atoms with Gasteiger partial charge in [0.1, 0.15) is 0 Å². The van der Waals surface area contributed by atoms with Crippen LogP contribution in [0.5, 0.6) is 0 Å². The largest absolute Gasteiger partial charge is 0.393 e. The lowest BCUT2D eigenvalue weighted by molar-refractivity contribution is 0.0792. The molecule has 0 aliphatic carbocycles. The Morgan fingerprint density at radius 1 is 1.41 bits per heavy atom. The molecular weight excluding hydrogens is 236 g/mol. The zero-order valence-electron chi connectivity index (χ0n) is 9.56. The van der Waals surface area contributed by atoms with Crippen molar-refractivity contribution in [2.75, 3.05) is 13.1 Å². The maximum atomic E-state index is 9.43. The number of halogens is 1. The monoisotopic (exact) mass is 250 g/mol. The fourth-order valence-corrected chi connectivity index (χ4v) is 2.30. The molecule has 0 spiro atoms. The zero-order chi connectivity index (χ0) is 12.3. The molecule has 4 heteroatoms. The summed E-state index contributed by atoms with van der Waals surface area (Å²) in [4.78, 5) is 2.28. The van der Waals surface area contributed by atoms with Crippen LogP contribution in [0, 0.1) is 11.3 Å². The van der Waals surface area contributed by atoms with Gasteiger partial charge >= 0.3 is 0 Å². The van der Waals surface area contributed by atoms with E-state index in [0.29, 0.717) is 10.6 Å². The number of hydrogen-bond acceptors (Lipinski definition) is 3. The molecule has 1 aliphatic rings. The Hall–Kier alpha value is -1.08. The minimum Gasteiger partial charge on any atom is -0.393 e. The van der Waals surface area contributed by atoms with Crippen molar-refractivity contribution in [3.8, 4) is 6.07 Å². The fraction of sp³-hybridized carbons (Fsp3) is 0.462. The van der Waals surface area contributed by atoms with Crippen molar-refractivity contribution in [1.82, 2.24) is 4.90 Å². The van der Waals surface area contributed by atoms with Gasteiger partial charge in [0, 0.05) is 24.7 Å². The van der Waals surface area contributed by atoms with Crippen LogP contribution < -0.4 is 0 Å². The number of nitrogens with zero attached hydrogens (tertiary/aromatic N) is 2. The van der Waals surface area contributed by atoms with Crippen LogP contribution in [0.1, 0.15) is 24.0 Å². The highest BCUT2D eigenvalue weighted by Crippen LogP contribution is 2.21. The molecule has 0 radical (unpaired) electrons. The Balaban J connectivity index is 2.02. The predicted octanol–water partition coefficient (Wildman–Crippen LogP) is 2.17. The number of aliphatic hydroxyl groups excluding tert-OH is 1. The predicted molar refractivity (Wildman–Crippen MR) is 66.7 cm³/mol. The molecule has 0 saturated carbocycles. The first kappa shape index (κ1) is 12.4. The summed E-state index contributed by atoms with van der Waals surface area (Å²) in [7, 11) is 0. The number of benzene rings is 1. The molecule has 3 nitrogen and oxygen atoms in total. The molecule has 1 fully saturated rings. The number of piperidine rings is 1. The topological polar surface area (TPSA) is 47.3 Å². The summed E-state index contributed by atoms with van der Waals surface area (Å²) < 4.78 is 0. The molecule has 1 saturated heterocycles. The van der Waals surface area contributed by atoms with Crippen molar-refractivity contribution in [3.05, 3.63) is 34.3 Å². The molecule has 0 aromatic heterocycles. The lowest BCUT2D eigenvalue weighted by atomic mass is 10.1. The second-order valence-corrected chi connectivity index (χ2v) is 4.83. The first-order chi connectivity index (χ1) is 8.19. The molecule has 1 N–H and O–H groups in total. The van der Waals surface area contributed by atoms with Crippen molar-refractivity contribution in [2.45, 2.75) is 25.5 Å². The van der Waals surface area contributed by atoms with E-state index in [-0.39, 0.29) is 6.10 Å². The lowest BCUT2D eigenvalue weighted by Gasteiger charge is -2.29. The van der Waals surface area contributed by atoms with Crippen LogP contribution in [-0.2, 0) is 6.54 Å². The Morgan fingerprint density at radius 3 is 2.71 bits per heavy atom. The van der Waals surface area contributed by atoms with E-state index in [1.165, 1.54) is 0 Å². The Labute approximate surface area is 106 Å².